The number of piperidine rings is 1. The summed E-state index contributed by atoms with van der Waals surface area (Å²) in [6.07, 6.45) is 4.31. The van der Waals surface area contributed by atoms with E-state index in [1.54, 1.807) is 42.2 Å². The molecular formula is C19H23N3O3S2. The normalized spacial score (nSPS) is 15.4. The second-order valence-corrected chi connectivity index (χ2v) is 9.42. The summed E-state index contributed by atoms with van der Waals surface area (Å²) < 4.78 is 27.5. The van der Waals surface area contributed by atoms with Gasteiger partial charge < -0.3 is 5.32 Å². The van der Waals surface area contributed by atoms with Gasteiger partial charge in [-0.3, -0.25) is 4.79 Å². The second-order valence-electron chi connectivity index (χ2n) is 6.23. The van der Waals surface area contributed by atoms with Gasteiger partial charge in [0.25, 0.3) is 5.91 Å². The van der Waals surface area contributed by atoms with Crippen molar-refractivity contribution in [1.29, 1.82) is 0 Å². The van der Waals surface area contributed by atoms with Crippen molar-refractivity contribution in [3.8, 4) is 0 Å². The molecule has 1 aliphatic heterocycles. The first-order chi connectivity index (χ1) is 13.0. The van der Waals surface area contributed by atoms with Crippen LogP contribution in [0.3, 0.4) is 0 Å². The van der Waals surface area contributed by atoms with Crippen LogP contribution in [-0.4, -0.2) is 42.5 Å². The largest absolute Gasteiger partial charge is 0.321 e. The zero-order valence-corrected chi connectivity index (χ0v) is 16.9. The first-order valence-electron chi connectivity index (χ1n) is 9.02. The minimum Gasteiger partial charge on any atom is -0.321 e. The van der Waals surface area contributed by atoms with Crippen molar-refractivity contribution in [2.45, 2.75) is 36.1 Å². The molecule has 1 amide bonds. The van der Waals surface area contributed by atoms with E-state index in [1.807, 2.05) is 13.0 Å². The highest BCUT2D eigenvalue weighted by atomic mass is 32.2. The number of benzene rings is 1. The van der Waals surface area contributed by atoms with E-state index >= 15 is 0 Å². The standard InChI is InChI=1S/C19H23N3O3S2/c1-2-26-18-11-10-15(14-20-18)21-19(23)16-8-4-5-9-17(16)27(24,25)22-12-6-3-7-13-22/h4-5,8-11,14H,2-3,6-7,12-13H2,1H3,(H,21,23). The van der Waals surface area contributed by atoms with Crippen molar-refractivity contribution in [3.05, 3.63) is 48.2 Å². The summed E-state index contributed by atoms with van der Waals surface area (Å²) >= 11 is 1.61. The number of rotatable bonds is 6. The lowest BCUT2D eigenvalue weighted by Crippen LogP contribution is -2.36. The number of sulfonamides is 1. The average Bonchev–Trinajstić information content (AvgIpc) is 2.70. The lowest BCUT2D eigenvalue weighted by Gasteiger charge is -2.26. The lowest BCUT2D eigenvalue weighted by molar-refractivity contribution is 0.102. The quantitative estimate of drug-likeness (QED) is 0.743. The number of aromatic nitrogens is 1. The van der Waals surface area contributed by atoms with Gasteiger partial charge in [0.2, 0.25) is 10.0 Å². The lowest BCUT2D eigenvalue weighted by atomic mass is 10.2. The molecule has 1 fully saturated rings. The number of anilines is 1. The Kier molecular flexibility index (Phi) is 6.51. The Morgan fingerprint density at radius 1 is 1.15 bits per heavy atom. The number of thioether (sulfide) groups is 1. The van der Waals surface area contributed by atoms with E-state index in [1.165, 1.54) is 10.4 Å². The van der Waals surface area contributed by atoms with Crippen molar-refractivity contribution >= 4 is 33.4 Å². The summed E-state index contributed by atoms with van der Waals surface area (Å²) in [6, 6.07) is 9.96. The molecule has 0 aliphatic carbocycles. The van der Waals surface area contributed by atoms with Crippen molar-refractivity contribution in [2.24, 2.45) is 0 Å². The fourth-order valence-corrected chi connectivity index (χ4v) is 5.30. The van der Waals surface area contributed by atoms with Crippen LogP contribution in [0.25, 0.3) is 0 Å². The van der Waals surface area contributed by atoms with E-state index in [4.69, 9.17) is 0 Å². The highest BCUT2D eigenvalue weighted by Gasteiger charge is 2.29. The fraction of sp³-hybridized carbons (Fsp3) is 0.368. The monoisotopic (exact) mass is 405 g/mol. The van der Waals surface area contributed by atoms with Gasteiger partial charge in [-0.1, -0.05) is 25.5 Å². The number of nitrogens with zero attached hydrogens (tertiary/aromatic N) is 2. The molecule has 2 aromatic rings. The van der Waals surface area contributed by atoms with Crippen molar-refractivity contribution < 1.29 is 13.2 Å². The maximum atomic E-state index is 13.0. The summed E-state index contributed by atoms with van der Waals surface area (Å²) in [6.45, 7) is 3.04. The smallest absolute Gasteiger partial charge is 0.257 e. The predicted octanol–water partition coefficient (Wildman–Crippen LogP) is 3.62. The van der Waals surface area contributed by atoms with Gasteiger partial charge in [0.15, 0.2) is 0 Å². The molecule has 0 bridgehead atoms. The maximum Gasteiger partial charge on any atom is 0.257 e. The second kappa shape index (κ2) is 8.86. The van der Waals surface area contributed by atoms with Crippen LogP contribution in [0, 0.1) is 0 Å². The number of carbonyl (C=O) groups excluding carboxylic acids is 1. The van der Waals surface area contributed by atoms with Crippen LogP contribution in [0.1, 0.15) is 36.5 Å². The molecule has 3 rings (SSSR count). The Balaban J connectivity index is 1.83. The van der Waals surface area contributed by atoms with Gasteiger partial charge in [0, 0.05) is 13.1 Å². The SMILES string of the molecule is CCSc1ccc(NC(=O)c2ccccc2S(=O)(=O)N2CCCCC2)cn1. The van der Waals surface area contributed by atoms with E-state index < -0.39 is 15.9 Å². The minimum atomic E-state index is -3.69. The number of pyridine rings is 1. The third-order valence-corrected chi connectivity index (χ3v) is 7.13. The molecule has 0 atom stereocenters. The number of hydrogen-bond donors (Lipinski definition) is 1. The summed E-state index contributed by atoms with van der Waals surface area (Å²) in [5.41, 5.74) is 0.681. The first kappa shape index (κ1) is 19.9. The van der Waals surface area contributed by atoms with E-state index in [0.29, 0.717) is 18.8 Å². The Labute approximate surface area is 164 Å². The summed E-state index contributed by atoms with van der Waals surface area (Å²) in [7, 11) is -3.69. The predicted molar refractivity (Wildman–Crippen MR) is 108 cm³/mol. The van der Waals surface area contributed by atoms with Crippen molar-refractivity contribution in [3.63, 3.8) is 0 Å². The van der Waals surface area contributed by atoms with E-state index in [2.05, 4.69) is 10.3 Å². The van der Waals surface area contributed by atoms with Crippen LogP contribution in [-0.2, 0) is 10.0 Å². The molecule has 8 heteroatoms. The number of carbonyl (C=O) groups is 1. The molecule has 0 radical (unpaired) electrons. The Morgan fingerprint density at radius 2 is 1.89 bits per heavy atom. The molecule has 2 heterocycles. The number of hydrogen-bond acceptors (Lipinski definition) is 5. The van der Waals surface area contributed by atoms with E-state index in [9.17, 15) is 13.2 Å². The Morgan fingerprint density at radius 3 is 2.56 bits per heavy atom. The molecule has 0 spiro atoms. The summed E-state index contributed by atoms with van der Waals surface area (Å²) in [5.74, 6) is 0.462. The van der Waals surface area contributed by atoms with Gasteiger partial charge >= 0.3 is 0 Å². The van der Waals surface area contributed by atoms with Gasteiger partial charge in [-0.15, -0.1) is 11.8 Å². The van der Waals surface area contributed by atoms with Crippen LogP contribution in [0.2, 0.25) is 0 Å². The number of nitrogens with one attached hydrogen (secondary N) is 1. The fourth-order valence-electron chi connectivity index (χ4n) is 3.01. The van der Waals surface area contributed by atoms with E-state index in [0.717, 1.165) is 30.0 Å². The number of amides is 1. The van der Waals surface area contributed by atoms with Crippen LogP contribution in [0.4, 0.5) is 5.69 Å². The molecule has 1 aromatic heterocycles. The van der Waals surface area contributed by atoms with Crippen molar-refractivity contribution in [1.82, 2.24) is 9.29 Å². The first-order valence-corrected chi connectivity index (χ1v) is 11.4. The van der Waals surface area contributed by atoms with Crippen LogP contribution in [0.15, 0.2) is 52.5 Å². The highest BCUT2D eigenvalue weighted by Crippen LogP contribution is 2.24. The molecule has 0 saturated carbocycles. The van der Waals surface area contributed by atoms with Gasteiger partial charge in [0.1, 0.15) is 0 Å². The average molecular weight is 406 g/mol. The molecule has 1 aromatic carbocycles. The maximum absolute atomic E-state index is 13.0. The third kappa shape index (κ3) is 4.69. The molecule has 144 valence electrons. The summed E-state index contributed by atoms with van der Waals surface area (Å²) in [4.78, 5) is 17.1. The molecular weight excluding hydrogens is 382 g/mol. The third-order valence-electron chi connectivity index (χ3n) is 4.35. The molecule has 27 heavy (non-hydrogen) atoms. The van der Waals surface area contributed by atoms with Gasteiger partial charge in [-0.25, -0.2) is 13.4 Å². The zero-order chi connectivity index (χ0) is 19.3. The van der Waals surface area contributed by atoms with Crippen molar-refractivity contribution in [2.75, 3.05) is 24.2 Å². The van der Waals surface area contributed by atoms with Gasteiger partial charge in [-0.2, -0.15) is 4.31 Å². The van der Waals surface area contributed by atoms with E-state index in [-0.39, 0.29) is 10.5 Å². The molecule has 1 saturated heterocycles. The molecule has 0 unspecified atom stereocenters. The van der Waals surface area contributed by atoms with Crippen LogP contribution < -0.4 is 5.32 Å². The Bertz CT molecular complexity index is 893. The topological polar surface area (TPSA) is 79.4 Å². The molecule has 6 nitrogen and oxygen atoms in total. The van der Waals surface area contributed by atoms with Gasteiger partial charge in [-0.05, 0) is 42.9 Å². The Hall–Kier alpha value is -1.90. The highest BCUT2D eigenvalue weighted by molar-refractivity contribution is 7.99. The zero-order valence-electron chi connectivity index (χ0n) is 15.2. The van der Waals surface area contributed by atoms with Gasteiger partial charge in [0.05, 0.1) is 27.4 Å². The molecule has 1 N–H and O–H groups in total. The minimum absolute atomic E-state index is 0.0514. The molecule has 1 aliphatic rings. The van der Waals surface area contributed by atoms with Crippen LogP contribution >= 0.6 is 11.8 Å². The van der Waals surface area contributed by atoms with Crippen LogP contribution in [0.5, 0.6) is 0 Å². The summed E-state index contributed by atoms with van der Waals surface area (Å²) in [5, 5.41) is 3.63.